The van der Waals surface area contributed by atoms with Crippen LogP contribution in [0.3, 0.4) is 0 Å². The Morgan fingerprint density at radius 2 is 0.500 bits per heavy atom. The highest BCUT2D eigenvalue weighted by Crippen LogP contribution is 2.37. The van der Waals surface area contributed by atoms with Crippen molar-refractivity contribution in [2.75, 3.05) is 52.9 Å². The van der Waals surface area contributed by atoms with E-state index in [1.165, 1.54) is 0 Å². The van der Waals surface area contributed by atoms with Crippen molar-refractivity contribution in [3.8, 4) is 0 Å². The van der Waals surface area contributed by atoms with E-state index in [-0.39, 0.29) is 0 Å². The Morgan fingerprint density at radius 3 is 0.756 bits per heavy atom. The van der Waals surface area contributed by atoms with Crippen molar-refractivity contribution >= 4 is 0 Å². The molecule has 6 aliphatic rings. The van der Waals surface area contributed by atoms with Gasteiger partial charge < -0.3 is 179 Å². The molecule has 36 heteroatoms. The van der Waals surface area contributed by atoms with Gasteiger partial charge in [-0.1, -0.05) is 0 Å². The molecule has 0 radical (unpaired) electrons. The van der Waals surface area contributed by atoms with Crippen LogP contribution in [0, 0.1) is 0 Å². The molecule has 6 fully saturated rings. The lowest BCUT2D eigenvalue weighted by atomic mass is 9.95. The summed E-state index contributed by atoms with van der Waals surface area (Å²) in [6.45, 7) is -8.17. The summed E-state index contributed by atoms with van der Waals surface area (Å²) < 4.78 is 66.6. The average Bonchev–Trinajstić information content (AvgIpc) is 3.44. The predicted octanol–water partition coefficient (Wildman–Crippen LogP) is -16.6. The average molecular weight is 1160 g/mol. The zero-order valence-electron chi connectivity index (χ0n) is 40.9. The van der Waals surface area contributed by atoms with E-state index in [0.717, 1.165) is 0 Å². The fourth-order valence-corrected chi connectivity index (χ4v) is 9.60. The molecule has 36 nitrogen and oxygen atoms in total. The molecule has 0 unspecified atom stereocenters. The highest BCUT2D eigenvalue weighted by molar-refractivity contribution is 5.00. The van der Waals surface area contributed by atoms with Gasteiger partial charge in [-0.15, -0.1) is 0 Å². The highest BCUT2D eigenvalue weighted by atomic mass is 16.8. The minimum atomic E-state index is -2.24. The molecule has 0 aromatic rings. The summed E-state index contributed by atoms with van der Waals surface area (Å²) in [7, 11) is 0. The van der Waals surface area contributed by atoms with Crippen LogP contribution in [0.2, 0.25) is 0 Å². The molecule has 0 saturated carbocycles. The van der Waals surface area contributed by atoms with Crippen molar-refractivity contribution < 1.29 is 179 Å². The van der Waals surface area contributed by atoms with Crippen LogP contribution in [-0.4, -0.2) is 384 Å². The molecule has 6 saturated heterocycles. The molecule has 6 rings (SSSR count). The summed E-state index contributed by atoms with van der Waals surface area (Å²) in [5.41, 5.74) is 0. The van der Waals surface area contributed by atoms with Crippen LogP contribution < -0.4 is 0 Å². The van der Waals surface area contributed by atoms with E-state index in [2.05, 4.69) is 0 Å². The maximum atomic E-state index is 11.3. The van der Waals surface area contributed by atoms with Crippen molar-refractivity contribution in [1.29, 1.82) is 0 Å². The van der Waals surface area contributed by atoms with Crippen LogP contribution >= 0.6 is 0 Å². The van der Waals surface area contributed by atoms with Crippen LogP contribution in [0.5, 0.6) is 0 Å². The Labute approximate surface area is 440 Å². The van der Waals surface area contributed by atoms with Gasteiger partial charge in [0.2, 0.25) is 0 Å². The first-order chi connectivity index (χ1) is 37.0. The van der Waals surface area contributed by atoms with Gasteiger partial charge in [0.05, 0.1) is 52.9 Å². The van der Waals surface area contributed by atoms with Crippen molar-refractivity contribution in [1.82, 2.24) is 0 Å². The number of rotatable bonds is 23. The lowest BCUT2D eigenvalue weighted by molar-refractivity contribution is -0.397. The summed E-state index contributed by atoms with van der Waals surface area (Å²) >= 11 is 0. The lowest BCUT2D eigenvalue weighted by Crippen LogP contribution is -2.68. The normalized spacial score (nSPS) is 49.2. The van der Waals surface area contributed by atoms with Crippen LogP contribution in [0.4, 0.5) is 0 Å². The molecule has 0 spiro atoms. The highest BCUT2D eigenvalue weighted by Gasteiger charge is 2.58. The van der Waals surface area contributed by atoms with Gasteiger partial charge in [-0.2, -0.15) is 0 Å². The van der Waals surface area contributed by atoms with Crippen LogP contribution in [-0.2, 0) is 56.8 Å². The molecular weight excluding hydrogens is 1080 g/mol. The second-order valence-corrected chi connectivity index (χ2v) is 19.3. The summed E-state index contributed by atoms with van der Waals surface area (Å²) in [4.78, 5) is 0. The molecule has 0 aromatic carbocycles. The van der Waals surface area contributed by atoms with Crippen LogP contribution in [0.15, 0.2) is 0 Å². The number of hydrogen-bond acceptors (Lipinski definition) is 36. The van der Waals surface area contributed by atoms with E-state index in [0.29, 0.717) is 0 Å². The van der Waals surface area contributed by atoms with Gasteiger partial charge in [0, 0.05) is 0 Å². The second-order valence-electron chi connectivity index (χ2n) is 19.3. The number of aliphatic hydroxyl groups is 24. The van der Waals surface area contributed by atoms with E-state index >= 15 is 0 Å². The largest absolute Gasteiger partial charge is 0.394 e. The minimum absolute atomic E-state index is 0.846. The molecule has 0 aliphatic carbocycles. The zero-order chi connectivity index (χ0) is 57.8. The monoisotopic (exact) mass is 1150 g/mol. The Kier molecular flexibility index (Phi) is 24.3. The Bertz CT molecular complexity index is 1760. The van der Waals surface area contributed by atoms with Gasteiger partial charge in [-0.05, 0) is 0 Å². The smallest absolute Gasteiger partial charge is 0.187 e. The third kappa shape index (κ3) is 13.9. The van der Waals surface area contributed by atoms with E-state index < -0.39 is 262 Å². The van der Waals surface area contributed by atoms with Crippen molar-refractivity contribution in [2.24, 2.45) is 0 Å². The summed E-state index contributed by atoms with van der Waals surface area (Å²) in [5.74, 6) is 0. The molecular formula is C42H74O36. The van der Waals surface area contributed by atoms with E-state index in [4.69, 9.17) is 56.8 Å². The second kappa shape index (κ2) is 28.9. The Hall–Kier alpha value is -1.44. The van der Waals surface area contributed by atoms with Crippen molar-refractivity contribution in [3.63, 3.8) is 0 Å². The van der Waals surface area contributed by atoms with E-state index in [1.807, 2.05) is 0 Å². The maximum absolute atomic E-state index is 11.3. The minimum Gasteiger partial charge on any atom is -0.394 e. The van der Waals surface area contributed by atoms with E-state index in [9.17, 15) is 123 Å². The van der Waals surface area contributed by atoms with Gasteiger partial charge in [0.15, 0.2) is 37.7 Å². The number of ether oxygens (including phenoxy) is 12. The van der Waals surface area contributed by atoms with Gasteiger partial charge >= 0.3 is 0 Å². The summed E-state index contributed by atoms with van der Waals surface area (Å²) in [5, 5.41) is 252. The summed E-state index contributed by atoms with van der Waals surface area (Å²) in [6.07, 6.45) is -66.9. The molecule has 78 heavy (non-hydrogen) atoms. The molecule has 24 N–H and O–H groups in total. The van der Waals surface area contributed by atoms with Crippen molar-refractivity contribution in [3.05, 3.63) is 0 Å². The van der Waals surface area contributed by atoms with Gasteiger partial charge in [0.1, 0.15) is 171 Å². The SMILES string of the molecule is OC[C@@H](O)[C@@H](O[C@H]1O[C@H](CO)[C@@H](O[C@H]2O[C@H](CO)[C@@H](O[C@H]3O[C@H](CO)[C@@H](O[C@H]4O[C@H](CO)[C@@H](O[C@H]5O[C@H](CO)[C@@H](O[C@H]6O[C@H](CO)[C@@H](O)[C@H](O)[C@H]6O)[C@H](O)[C@H]5O)[C@H](O)[C@H]4O)[C@H](O)[C@H]3O)[C@H](O)[C@H]2O)[C@H](O)[C@H]1O)[C@H](O)[C@@H](O)CO. The topological polar surface area (TPSA) is 596 Å². The molecule has 6 heterocycles. The molecule has 34 atom stereocenters. The fraction of sp³-hybridized carbons (Fsp3) is 1.00. The fourth-order valence-electron chi connectivity index (χ4n) is 9.60. The van der Waals surface area contributed by atoms with Crippen molar-refractivity contribution in [2.45, 2.75) is 209 Å². The third-order valence-corrected chi connectivity index (χ3v) is 14.2. The maximum Gasteiger partial charge on any atom is 0.187 e. The van der Waals surface area contributed by atoms with Gasteiger partial charge in [0.25, 0.3) is 0 Å². The number of hydrogen-bond donors (Lipinski definition) is 24. The van der Waals surface area contributed by atoms with Crippen LogP contribution in [0.1, 0.15) is 0 Å². The quantitative estimate of drug-likeness (QED) is 0.0452. The third-order valence-electron chi connectivity index (χ3n) is 14.2. The zero-order valence-corrected chi connectivity index (χ0v) is 40.9. The first-order valence-corrected chi connectivity index (χ1v) is 24.6. The van der Waals surface area contributed by atoms with Gasteiger partial charge in [-0.3, -0.25) is 0 Å². The molecule has 458 valence electrons. The molecule has 6 aliphatic heterocycles. The Balaban J connectivity index is 1.06. The predicted molar refractivity (Wildman–Crippen MR) is 234 cm³/mol. The first kappa shape index (κ1) is 65.7. The van der Waals surface area contributed by atoms with E-state index in [1.54, 1.807) is 0 Å². The Morgan fingerprint density at radius 1 is 0.269 bits per heavy atom. The van der Waals surface area contributed by atoms with Crippen LogP contribution in [0.25, 0.3) is 0 Å². The molecule has 0 bridgehead atoms. The molecule has 0 aromatic heterocycles. The first-order valence-electron chi connectivity index (χ1n) is 24.6. The molecule has 0 amide bonds. The lowest BCUT2D eigenvalue weighted by Gasteiger charge is -2.50. The number of aliphatic hydroxyl groups excluding tert-OH is 24. The standard InChI is InChI=1S/C42H74O36/c43-1-9(51)17(53)31(10(52)2-44)73-38-26(62)20(56)33(12(4-46)68-38)75-40-28(64)22(58)35(14(6-48)70-40)77-42-30(66)24(60)36(16(8-50)72-42)78-41-29(65)23(59)34(15(7-49)71-41)76-39-27(63)21(57)32(13(5-47)69-39)74-37-25(61)19(55)18(54)11(3-45)67-37/h9-66H,1-8H2/t9-,10+,11+,12+,13+,14+,15+,16+,17+,18+,19-,20+,21+,22+,23+,24+,25+,26+,27+,28+,29+,30+,31+,32+,33+,34+,35+,36+,37+,38+,39+,40+,41+,42+/m0/s1. The summed E-state index contributed by atoms with van der Waals surface area (Å²) in [6, 6.07) is 0. The van der Waals surface area contributed by atoms with Gasteiger partial charge in [-0.25, -0.2) is 0 Å².